The van der Waals surface area contributed by atoms with Crippen LogP contribution in [0.15, 0.2) is 24.3 Å². The monoisotopic (exact) mass is 1060 g/mol. The maximum atomic E-state index is 12.5. The third-order valence-corrected chi connectivity index (χ3v) is 16.0. The van der Waals surface area contributed by atoms with E-state index in [2.05, 4.69) is 31.3 Å². The summed E-state index contributed by atoms with van der Waals surface area (Å²) >= 11 is 0. The van der Waals surface area contributed by atoms with E-state index in [1.807, 2.05) is 6.08 Å². The Hall–Kier alpha value is -1.66. The van der Waals surface area contributed by atoms with Gasteiger partial charge in [0.05, 0.1) is 25.4 Å². The second-order valence-corrected chi connectivity index (χ2v) is 23.5. The van der Waals surface area contributed by atoms with Gasteiger partial charge in [-0.1, -0.05) is 334 Å². The van der Waals surface area contributed by atoms with E-state index in [1.54, 1.807) is 6.08 Å². The van der Waals surface area contributed by atoms with Gasteiger partial charge in [0.1, 0.15) is 0 Å². The number of hydrogen-bond acceptors (Lipinski definition) is 5. The first-order valence-corrected chi connectivity index (χ1v) is 34.1. The summed E-state index contributed by atoms with van der Waals surface area (Å²) in [5.74, 6) is -0.0473. The van der Waals surface area contributed by atoms with Crippen LogP contribution in [0.4, 0.5) is 0 Å². The van der Waals surface area contributed by atoms with Gasteiger partial charge in [-0.05, 0) is 57.8 Å². The van der Waals surface area contributed by atoms with Crippen molar-refractivity contribution >= 4 is 11.9 Å². The molecule has 0 aliphatic rings. The van der Waals surface area contributed by atoms with Crippen molar-refractivity contribution in [2.75, 3.05) is 13.2 Å². The highest BCUT2D eigenvalue weighted by Gasteiger charge is 2.18. The average molecular weight is 1060 g/mol. The minimum Gasteiger partial charge on any atom is -0.466 e. The molecule has 0 radical (unpaired) electrons. The van der Waals surface area contributed by atoms with Gasteiger partial charge in [-0.2, -0.15) is 0 Å². The van der Waals surface area contributed by atoms with Crippen LogP contribution in [0.2, 0.25) is 0 Å². The normalized spacial score (nSPS) is 12.6. The molecule has 0 rings (SSSR count). The molecular weight excluding hydrogens is 923 g/mol. The summed E-state index contributed by atoms with van der Waals surface area (Å²) in [6, 6.07) is -0.625. The van der Waals surface area contributed by atoms with E-state index in [0.717, 1.165) is 38.5 Å². The Balaban J connectivity index is 3.34. The molecule has 0 saturated heterocycles. The van der Waals surface area contributed by atoms with Gasteiger partial charge in [-0.25, -0.2) is 0 Å². The highest BCUT2D eigenvalue weighted by Crippen LogP contribution is 2.18. The molecule has 0 bridgehead atoms. The van der Waals surface area contributed by atoms with Gasteiger partial charge >= 0.3 is 5.97 Å². The molecule has 0 aromatic carbocycles. The Morgan fingerprint density at radius 3 is 0.947 bits per heavy atom. The molecule has 6 nitrogen and oxygen atoms in total. The number of esters is 1. The van der Waals surface area contributed by atoms with Crippen LogP contribution in [0.3, 0.4) is 0 Å². The van der Waals surface area contributed by atoms with E-state index in [1.165, 1.54) is 315 Å². The van der Waals surface area contributed by atoms with E-state index in [4.69, 9.17) is 4.74 Å². The lowest BCUT2D eigenvalue weighted by atomic mass is 10.0. The molecule has 0 spiro atoms. The molecule has 2 unspecified atom stereocenters. The number of allylic oxidation sites excluding steroid dienone is 3. The minimum atomic E-state index is -0.842. The Morgan fingerprint density at radius 1 is 0.360 bits per heavy atom. The zero-order valence-electron chi connectivity index (χ0n) is 50.8. The highest BCUT2D eigenvalue weighted by molar-refractivity contribution is 5.76. The maximum Gasteiger partial charge on any atom is 0.305 e. The molecule has 3 N–H and O–H groups in total. The fraction of sp³-hybridized carbons (Fsp3) is 0.913. The minimum absolute atomic E-state index is 0.0170. The smallest absolute Gasteiger partial charge is 0.305 e. The number of aliphatic hydroxyl groups is 2. The first-order valence-electron chi connectivity index (χ1n) is 34.1. The molecule has 6 heteroatoms. The van der Waals surface area contributed by atoms with Crippen molar-refractivity contribution in [3.8, 4) is 0 Å². The third kappa shape index (κ3) is 61.4. The summed E-state index contributed by atoms with van der Waals surface area (Å²) in [5.41, 5.74) is 0. The second-order valence-electron chi connectivity index (χ2n) is 23.5. The molecular formula is C69H133NO5. The summed E-state index contributed by atoms with van der Waals surface area (Å²) in [7, 11) is 0. The van der Waals surface area contributed by atoms with Gasteiger partial charge in [0.2, 0.25) is 5.91 Å². The van der Waals surface area contributed by atoms with Gasteiger partial charge in [0, 0.05) is 12.8 Å². The lowest BCUT2D eigenvalue weighted by Gasteiger charge is -2.20. The van der Waals surface area contributed by atoms with Crippen molar-refractivity contribution in [1.29, 1.82) is 0 Å². The molecule has 0 aliphatic heterocycles. The van der Waals surface area contributed by atoms with Crippen LogP contribution < -0.4 is 5.32 Å². The zero-order valence-corrected chi connectivity index (χ0v) is 50.8. The van der Waals surface area contributed by atoms with Crippen LogP contribution in [0.5, 0.6) is 0 Å². The molecule has 1 amide bonds. The average Bonchev–Trinajstić information content (AvgIpc) is 3.41. The quantitative estimate of drug-likeness (QED) is 0.0320. The summed E-state index contributed by atoms with van der Waals surface area (Å²) in [4.78, 5) is 24.6. The Morgan fingerprint density at radius 2 is 0.627 bits per heavy atom. The van der Waals surface area contributed by atoms with Crippen LogP contribution in [0, 0.1) is 0 Å². The van der Waals surface area contributed by atoms with Crippen molar-refractivity contribution < 1.29 is 24.5 Å². The predicted octanol–water partition coefficient (Wildman–Crippen LogP) is 21.8. The highest BCUT2D eigenvalue weighted by atomic mass is 16.5. The van der Waals surface area contributed by atoms with Crippen LogP contribution >= 0.6 is 0 Å². The van der Waals surface area contributed by atoms with Crippen molar-refractivity contribution in [3.63, 3.8) is 0 Å². The largest absolute Gasteiger partial charge is 0.466 e. The molecule has 0 aromatic rings. The molecule has 0 saturated carbocycles. The molecule has 444 valence electrons. The number of carbonyl (C=O) groups excluding carboxylic acids is 2. The number of hydrogen-bond donors (Lipinski definition) is 3. The Kier molecular flexibility index (Phi) is 63.4. The SMILES string of the molecule is CCCCCCCC/C=C\CCCCCCCCCCCC(=O)OCCCCCCCCCCCCCCCCCCCCCCCCCCCCC(=O)NC(CO)C(O)/C=C/CCCCCCCCCCCCC. The predicted molar refractivity (Wildman–Crippen MR) is 329 cm³/mol. The molecule has 0 fully saturated rings. The topological polar surface area (TPSA) is 95.9 Å². The number of rotatable bonds is 64. The van der Waals surface area contributed by atoms with Crippen LogP contribution in [-0.2, 0) is 14.3 Å². The summed E-state index contributed by atoms with van der Waals surface area (Å²) < 4.78 is 5.51. The number of ether oxygens (including phenoxy) is 1. The first kappa shape index (κ1) is 73.3. The van der Waals surface area contributed by atoms with E-state index >= 15 is 0 Å². The van der Waals surface area contributed by atoms with Crippen LogP contribution in [0.1, 0.15) is 380 Å². The number of amides is 1. The van der Waals surface area contributed by atoms with Crippen molar-refractivity contribution in [2.45, 2.75) is 392 Å². The van der Waals surface area contributed by atoms with Gasteiger partial charge < -0.3 is 20.3 Å². The fourth-order valence-electron chi connectivity index (χ4n) is 10.7. The first-order chi connectivity index (χ1) is 37.0. The number of nitrogens with one attached hydrogen (secondary N) is 1. The van der Waals surface area contributed by atoms with E-state index < -0.39 is 12.1 Å². The van der Waals surface area contributed by atoms with E-state index in [-0.39, 0.29) is 18.5 Å². The third-order valence-electron chi connectivity index (χ3n) is 16.0. The zero-order chi connectivity index (χ0) is 54.3. The lowest BCUT2D eigenvalue weighted by Crippen LogP contribution is -2.45. The number of unbranched alkanes of at least 4 members (excludes halogenated alkanes) is 51. The Labute approximate surface area is 469 Å². The molecule has 2 atom stereocenters. The standard InChI is InChI=1S/C69H133NO5/c1-3-5-7-9-11-13-15-17-18-19-28-32-35-39-43-47-51-55-59-63-69(74)75-64-60-56-52-48-44-40-36-33-30-27-25-23-21-20-22-24-26-29-31-34-38-42-46-50-54-58-62-68(73)70-66(65-71)67(72)61-57-53-49-45-41-37-16-14-12-10-8-6-4-2/h17-18,57,61,66-67,71-72H,3-16,19-56,58-60,62-65H2,1-2H3,(H,70,73)/b18-17-,61-57+. The summed E-state index contributed by atoms with van der Waals surface area (Å²) in [5, 5.41) is 23.1. The van der Waals surface area contributed by atoms with Gasteiger partial charge in [-0.15, -0.1) is 0 Å². The van der Waals surface area contributed by atoms with E-state index in [0.29, 0.717) is 19.4 Å². The molecule has 75 heavy (non-hydrogen) atoms. The van der Waals surface area contributed by atoms with Crippen molar-refractivity contribution in [2.24, 2.45) is 0 Å². The molecule has 0 heterocycles. The second kappa shape index (κ2) is 64.9. The fourth-order valence-corrected chi connectivity index (χ4v) is 10.7. The number of aliphatic hydroxyl groups excluding tert-OH is 2. The van der Waals surface area contributed by atoms with E-state index in [9.17, 15) is 19.8 Å². The van der Waals surface area contributed by atoms with Gasteiger partial charge in [0.15, 0.2) is 0 Å². The maximum absolute atomic E-state index is 12.5. The molecule has 0 aliphatic carbocycles. The van der Waals surface area contributed by atoms with Crippen LogP contribution in [-0.4, -0.2) is 47.4 Å². The van der Waals surface area contributed by atoms with Gasteiger partial charge in [-0.3, -0.25) is 9.59 Å². The lowest BCUT2D eigenvalue weighted by molar-refractivity contribution is -0.143. The summed E-state index contributed by atoms with van der Waals surface area (Å²) in [6.07, 6.45) is 81.1. The van der Waals surface area contributed by atoms with Gasteiger partial charge in [0.25, 0.3) is 0 Å². The number of carbonyl (C=O) groups is 2. The summed E-state index contributed by atoms with van der Waals surface area (Å²) in [6.45, 7) is 4.92. The Bertz CT molecular complexity index is 1170. The van der Waals surface area contributed by atoms with Crippen molar-refractivity contribution in [3.05, 3.63) is 24.3 Å². The molecule has 0 aromatic heterocycles. The van der Waals surface area contributed by atoms with Crippen LogP contribution in [0.25, 0.3) is 0 Å². The van der Waals surface area contributed by atoms with Crippen molar-refractivity contribution in [1.82, 2.24) is 5.32 Å².